The summed E-state index contributed by atoms with van der Waals surface area (Å²) in [6.07, 6.45) is 0.0514. The van der Waals surface area contributed by atoms with Gasteiger partial charge in [0.2, 0.25) is 0 Å². The number of carbonyl (C=O) groups is 1. The van der Waals surface area contributed by atoms with Crippen molar-refractivity contribution in [3.8, 4) is 0 Å². The molecule has 4 N–H and O–H groups in total. The Morgan fingerprint density at radius 1 is 1.13 bits per heavy atom. The largest absolute Gasteiger partial charge is 0.394 e. The number of carbonyl (C=O) groups excluding carboxylic acids is 1. The number of para-hydroxylation sites is 1. The normalized spacial score (nSPS) is 11.8. The number of aliphatic hydroxyl groups excluding tert-OH is 2. The van der Waals surface area contributed by atoms with Crippen molar-refractivity contribution < 1.29 is 15.0 Å². The quantitative estimate of drug-likeness (QED) is 0.632. The fourth-order valence-electron chi connectivity index (χ4n) is 2.18. The molecule has 1 unspecified atom stereocenters. The van der Waals surface area contributed by atoms with E-state index in [1.165, 1.54) is 0 Å². The molecule has 0 radical (unpaired) electrons. The second kappa shape index (κ2) is 8.31. The van der Waals surface area contributed by atoms with Crippen LogP contribution >= 0.6 is 0 Å². The molecule has 2 aromatic carbocycles. The number of hydrogen-bond donors (Lipinski definition) is 4. The third-order valence-corrected chi connectivity index (χ3v) is 3.55. The molecule has 0 spiro atoms. The van der Waals surface area contributed by atoms with Gasteiger partial charge in [0, 0.05) is 23.5 Å². The first-order valence-corrected chi connectivity index (χ1v) is 7.66. The van der Waals surface area contributed by atoms with E-state index in [1.807, 2.05) is 31.2 Å². The van der Waals surface area contributed by atoms with E-state index in [2.05, 4.69) is 10.6 Å². The molecule has 0 fully saturated rings. The zero-order valence-corrected chi connectivity index (χ0v) is 13.1. The lowest BCUT2D eigenvalue weighted by atomic mass is 10.1. The van der Waals surface area contributed by atoms with Gasteiger partial charge < -0.3 is 20.8 Å². The van der Waals surface area contributed by atoms with Crippen molar-refractivity contribution in [1.29, 1.82) is 0 Å². The topological polar surface area (TPSA) is 81.6 Å². The summed E-state index contributed by atoms with van der Waals surface area (Å²) >= 11 is 0. The highest BCUT2D eigenvalue weighted by Gasteiger charge is 2.08. The second-order valence-electron chi connectivity index (χ2n) is 5.26. The van der Waals surface area contributed by atoms with Crippen LogP contribution in [0.15, 0.2) is 48.5 Å². The van der Waals surface area contributed by atoms with E-state index >= 15 is 0 Å². The van der Waals surface area contributed by atoms with Crippen molar-refractivity contribution >= 4 is 17.3 Å². The van der Waals surface area contributed by atoms with Crippen LogP contribution in [0.25, 0.3) is 0 Å². The lowest BCUT2D eigenvalue weighted by molar-refractivity contribution is 0.102. The van der Waals surface area contributed by atoms with Gasteiger partial charge in [-0.15, -0.1) is 0 Å². The summed E-state index contributed by atoms with van der Waals surface area (Å²) in [5.74, 6) is -0.159. The minimum absolute atomic E-state index is 0.159. The van der Waals surface area contributed by atoms with Crippen molar-refractivity contribution in [2.24, 2.45) is 0 Å². The van der Waals surface area contributed by atoms with Crippen molar-refractivity contribution in [3.05, 3.63) is 59.7 Å². The summed E-state index contributed by atoms with van der Waals surface area (Å²) in [5.41, 5.74) is 3.26. The molecule has 0 aliphatic heterocycles. The minimum Gasteiger partial charge on any atom is -0.394 e. The molecule has 0 saturated carbocycles. The molecular formula is C18H22N2O3. The lowest BCUT2D eigenvalue weighted by Gasteiger charge is -2.12. The van der Waals surface area contributed by atoms with Crippen LogP contribution in [0.1, 0.15) is 22.8 Å². The van der Waals surface area contributed by atoms with Crippen LogP contribution in [0.5, 0.6) is 0 Å². The van der Waals surface area contributed by atoms with Gasteiger partial charge in [-0.1, -0.05) is 25.1 Å². The van der Waals surface area contributed by atoms with Crippen LogP contribution < -0.4 is 10.6 Å². The molecule has 1 amide bonds. The predicted octanol–water partition coefficient (Wildman–Crippen LogP) is 2.27. The van der Waals surface area contributed by atoms with Crippen LogP contribution in [0, 0.1) is 0 Å². The van der Waals surface area contributed by atoms with Crippen LogP contribution in [0.4, 0.5) is 11.4 Å². The van der Waals surface area contributed by atoms with Gasteiger partial charge in [-0.3, -0.25) is 4.79 Å². The summed E-state index contributed by atoms with van der Waals surface area (Å²) in [6, 6.07) is 14.7. The van der Waals surface area contributed by atoms with E-state index in [4.69, 9.17) is 5.11 Å². The standard InChI is InChI=1S/C18H22N2O3/c1-2-13-5-3-4-6-17(13)20-18(23)14-7-9-15(10-8-14)19-11-16(22)12-21/h3-10,16,19,21-22H,2,11-12H2,1H3,(H,20,23). The third kappa shape index (κ3) is 4.81. The fraction of sp³-hybridized carbons (Fsp3) is 0.278. The molecule has 0 aliphatic carbocycles. The van der Waals surface area contributed by atoms with Gasteiger partial charge >= 0.3 is 0 Å². The number of aliphatic hydroxyl groups is 2. The predicted molar refractivity (Wildman–Crippen MR) is 91.8 cm³/mol. The smallest absolute Gasteiger partial charge is 0.255 e. The Bertz CT molecular complexity index is 641. The number of anilines is 2. The van der Waals surface area contributed by atoms with Crippen LogP contribution in [-0.2, 0) is 6.42 Å². The van der Waals surface area contributed by atoms with Crippen LogP contribution in [0.3, 0.4) is 0 Å². The molecule has 0 saturated heterocycles. The van der Waals surface area contributed by atoms with E-state index < -0.39 is 6.10 Å². The molecule has 0 bridgehead atoms. The van der Waals surface area contributed by atoms with Gasteiger partial charge in [-0.25, -0.2) is 0 Å². The number of rotatable bonds is 7. The number of hydrogen-bond acceptors (Lipinski definition) is 4. The maximum Gasteiger partial charge on any atom is 0.255 e. The van der Waals surface area contributed by atoms with Crippen molar-refractivity contribution in [3.63, 3.8) is 0 Å². The average molecular weight is 314 g/mol. The summed E-state index contributed by atoms with van der Waals surface area (Å²) in [4.78, 5) is 12.3. The number of nitrogens with one attached hydrogen (secondary N) is 2. The van der Waals surface area contributed by atoms with Crippen molar-refractivity contribution in [2.75, 3.05) is 23.8 Å². The SMILES string of the molecule is CCc1ccccc1NC(=O)c1ccc(NCC(O)CO)cc1. The zero-order valence-electron chi connectivity index (χ0n) is 13.1. The van der Waals surface area contributed by atoms with E-state index in [0.29, 0.717) is 5.56 Å². The Kier molecular flexibility index (Phi) is 6.14. The Morgan fingerprint density at radius 2 is 1.83 bits per heavy atom. The van der Waals surface area contributed by atoms with E-state index in [1.54, 1.807) is 24.3 Å². The molecule has 122 valence electrons. The number of aryl methyl sites for hydroxylation is 1. The first kappa shape index (κ1) is 17.0. The lowest BCUT2D eigenvalue weighted by Crippen LogP contribution is -2.22. The highest BCUT2D eigenvalue weighted by atomic mass is 16.3. The molecule has 0 aromatic heterocycles. The summed E-state index contributed by atoms with van der Waals surface area (Å²) in [7, 11) is 0. The van der Waals surface area contributed by atoms with E-state index in [0.717, 1.165) is 23.4 Å². The zero-order chi connectivity index (χ0) is 16.7. The molecule has 2 aromatic rings. The maximum absolute atomic E-state index is 12.3. The Labute approximate surface area is 136 Å². The molecule has 1 atom stereocenters. The molecule has 0 aliphatic rings. The van der Waals surface area contributed by atoms with Gasteiger partial charge in [-0.05, 0) is 42.3 Å². The van der Waals surface area contributed by atoms with Crippen LogP contribution in [-0.4, -0.2) is 35.4 Å². The maximum atomic E-state index is 12.3. The Morgan fingerprint density at radius 3 is 2.48 bits per heavy atom. The van der Waals surface area contributed by atoms with Gasteiger partial charge in [-0.2, -0.15) is 0 Å². The van der Waals surface area contributed by atoms with E-state index in [-0.39, 0.29) is 19.1 Å². The highest BCUT2D eigenvalue weighted by Crippen LogP contribution is 2.17. The molecule has 23 heavy (non-hydrogen) atoms. The highest BCUT2D eigenvalue weighted by molar-refractivity contribution is 6.04. The third-order valence-electron chi connectivity index (χ3n) is 3.55. The number of benzene rings is 2. The van der Waals surface area contributed by atoms with Gasteiger partial charge in [0.25, 0.3) is 5.91 Å². The van der Waals surface area contributed by atoms with Crippen molar-refractivity contribution in [2.45, 2.75) is 19.4 Å². The Hall–Kier alpha value is -2.37. The first-order valence-electron chi connectivity index (χ1n) is 7.66. The summed E-state index contributed by atoms with van der Waals surface area (Å²) in [6.45, 7) is 2.02. The second-order valence-corrected chi connectivity index (χ2v) is 5.26. The van der Waals surface area contributed by atoms with Crippen molar-refractivity contribution in [1.82, 2.24) is 0 Å². The molecule has 0 heterocycles. The molecular weight excluding hydrogens is 292 g/mol. The monoisotopic (exact) mass is 314 g/mol. The number of amides is 1. The van der Waals surface area contributed by atoms with Crippen LogP contribution in [0.2, 0.25) is 0 Å². The Balaban J connectivity index is 2.00. The average Bonchev–Trinajstić information content (AvgIpc) is 2.60. The minimum atomic E-state index is -0.802. The van der Waals surface area contributed by atoms with Gasteiger partial charge in [0.05, 0.1) is 12.7 Å². The van der Waals surface area contributed by atoms with Gasteiger partial charge in [0.1, 0.15) is 0 Å². The van der Waals surface area contributed by atoms with Gasteiger partial charge in [0.15, 0.2) is 0 Å². The first-order chi connectivity index (χ1) is 11.1. The summed E-state index contributed by atoms with van der Waals surface area (Å²) < 4.78 is 0. The fourth-order valence-corrected chi connectivity index (χ4v) is 2.18. The summed E-state index contributed by atoms with van der Waals surface area (Å²) in [5, 5.41) is 24.0. The molecule has 5 heteroatoms. The molecule has 5 nitrogen and oxygen atoms in total. The molecule has 2 rings (SSSR count). The van der Waals surface area contributed by atoms with E-state index in [9.17, 15) is 9.90 Å².